The van der Waals surface area contributed by atoms with Crippen molar-refractivity contribution in [3.63, 3.8) is 0 Å². The summed E-state index contributed by atoms with van der Waals surface area (Å²) in [6.07, 6.45) is 6.66. The molecule has 0 radical (unpaired) electrons. The van der Waals surface area contributed by atoms with Crippen LogP contribution in [0, 0.1) is 11.3 Å². The van der Waals surface area contributed by atoms with E-state index in [1.54, 1.807) is 0 Å². The molecule has 1 unspecified atom stereocenters. The molecule has 1 heterocycles. The number of carboxylic acid groups (broad SMARTS) is 1. The lowest BCUT2D eigenvalue weighted by molar-refractivity contribution is -0.152. The first-order valence-electron chi connectivity index (χ1n) is 7.70. The molecule has 2 rings (SSSR count). The van der Waals surface area contributed by atoms with Crippen molar-refractivity contribution in [1.29, 1.82) is 0 Å². The van der Waals surface area contributed by atoms with Crippen LogP contribution >= 0.6 is 11.8 Å². The molecule has 1 amide bonds. The van der Waals surface area contributed by atoms with E-state index in [1.807, 2.05) is 11.8 Å². The van der Waals surface area contributed by atoms with E-state index in [2.05, 4.69) is 5.32 Å². The predicted octanol–water partition coefficient (Wildman–Crippen LogP) is 2.67. The van der Waals surface area contributed by atoms with Crippen molar-refractivity contribution in [3.8, 4) is 0 Å². The molecule has 4 nitrogen and oxygen atoms in total. The molecule has 5 heteroatoms. The SMILES string of the molecule is O=C(CC1(C(=O)O)CCCCCC1)NCC1CCSC1. The van der Waals surface area contributed by atoms with Crippen LogP contribution in [0.1, 0.15) is 51.4 Å². The van der Waals surface area contributed by atoms with Crippen molar-refractivity contribution in [1.82, 2.24) is 5.32 Å². The van der Waals surface area contributed by atoms with Crippen LogP contribution in [-0.2, 0) is 9.59 Å². The summed E-state index contributed by atoms with van der Waals surface area (Å²) in [7, 11) is 0. The summed E-state index contributed by atoms with van der Waals surface area (Å²) >= 11 is 1.93. The molecule has 2 N–H and O–H groups in total. The van der Waals surface area contributed by atoms with E-state index in [1.165, 1.54) is 5.75 Å². The average Bonchev–Trinajstić information content (AvgIpc) is 2.82. The molecule has 0 spiro atoms. The van der Waals surface area contributed by atoms with Crippen molar-refractivity contribution < 1.29 is 14.7 Å². The summed E-state index contributed by atoms with van der Waals surface area (Å²) in [5, 5.41) is 12.5. The third-order valence-corrected chi connectivity index (χ3v) is 5.86. The van der Waals surface area contributed by atoms with Gasteiger partial charge in [0.1, 0.15) is 0 Å². The fourth-order valence-corrected chi connectivity index (χ4v) is 4.53. The zero-order valence-corrected chi connectivity index (χ0v) is 12.8. The highest BCUT2D eigenvalue weighted by atomic mass is 32.2. The fraction of sp³-hybridized carbons (Fsp3) is 0.867. The Morgan fingerprint density at radius 3 is 2.45 bits per heavy atom. The molecule has 0 bridgehead atoms. The van der Waals surface area contributed by atoms with Gasteiger partial charge in [0.25, 0.3) is 0 Å². The minimum atomic E-state index is -0.814. The number of hydrogen-bond acceptors (Lipinski definition) is 3. The Hall–Kier alpha value is -0.710. The highest BCUT2D eigenvalue weighted by Gasteiger charge is 2.40. The summed E-state index contributed by atoms with van der Waals surface area (Å²) < 4.78 is 0. The van der Waals surface area contributed by atoms with Gasteiger partial charge in [-0.2, -0.15) is 11.8 Å². The second-order valence-electron chi connectivity index (χ2n) is 6.21. The number of nitrogens with one attached hydrogen (secondary N) is 1. The molecule has 20 heavy (non-hydrogen) atoms. The van der Waals surface area contributed by atoms with Gasteiger partial charge in [-0.15, -0.1) is 0 Å². The van der Waals surface area contributed by atoms with E-state index < -0.39 is 11.4 Å². The van der Waals surface area contributed by atoms with Crippen LogP contribution < -0.4 is 5.32 Å². The zero-order valence-electron chi connectivity index (χ0n) is 12.0. The topological polar surface area (TPSA) is 66.4 Å². The zero-order chi connectivity index (χ0) is 14.4. The molecule has 1 aliphatic heterocycles. The Balaban J connectivity index is 1.86. The number of thioether (sulfide) groups is 1. The molecule has 1 saturated carbocycles. The maximum Gasteiger partial charge on any atom is 0.310 e. The molecular formula is C15H25NO3S. The molecule has 114 valence electrons. The second-order valence-corrected chi connectivity index (χ2v) is 7.36. The highest BCUT2D eigenvalue weighted by molar-refractivity contribution is 7.99. The lowest BCUT2D eigenvalue weighted by Crippen LogP contribution is -2.38. The van der Waals surface area contributed by atoms with E-state index in [0.717, 1.165) is 37.9 Å². The number of aliphatic carboxylic acids is 1. The predicted molar refractivity (Wildman–Crippen MR) is 80.8 cm³/mol. The molecule has 2 fully saturated rings. The molecule has 1 aliphatic carbocycles. The van der Waals surface area contributed by atoms with Crippen molar-refractivity contribution in [2.45, 2.75) is 51.4 Å². The maximum atomic E-state index is 12.1. The van der Waals surface area contributed by atoms with Gasteiger partial charge < -0.3 is 10.4 Å². The van der Waals surface area contributed by atoms with E-state index in [0.29, 0.717) is 25.3 Å². The molecule has 2 aliphatic rings. The summed E-state index contributed by atoms with van der Waals surface area (Å²) in [5.74, 6) is 2.00. The number of carboxylic acids is 1. The molecule has 1 atom stereocenters. The Morgan fingerprint density at radius 2 is 1.90 bits per heavy atom. The van der Waals surface area contributed by atoms with E-state index >= 15 is 0 Å². The first-order chi connectivity index (χ1) is 9.62. The first kappa shape index (κ1) is 15.7. The third-order valence-electron chi connectivity index (χ3n) is 4.63. The quantitative estimate of drug-likeness (QED) is 0.766. The smallest absolute Gasteiger partial charge is 0.310 e. The molecule has 1 saturated heterocycles. The third kappa shape index (κ3) is 4.14. The van der Waals surface area contributed by atoms with Gasteiger partial charge in [0.05, 0.1) is 5.41 Å². The van der Waals surface area contributed by atoms with Crippen LogP contribution in [0.5, 0.6) is 0 Å². The van der Waals surface area contributed by atoms with Gasteiger partial charge in [0.2, 0.25) is 5.91 Å². The van der Waals surface area contributed by atoms with E-state index in [-0.39, 0.29) is 12.3 Å². The Labute approximate surface area is 125 Å². The minimum absolute atomic E-state index is 0.0776. The Morgan fingerprint density at radius 1 is 1.20 bits per heavy atom. The monoisotopic (exact) mass is 299 g/mol. The second kappa shape index (κ2) is 7.34. The number of rotatable bonds is 5. The fourth-order valence-electron chi connectivity index (χ4n) is 3.24. The highest BCUT2D eigenvalue weighted by Crippen LogP contribution is 2.38. The number of amides is 1. The van der Waals surface area contributed by atoms with Crippen molar-refractivity contribution in [3.05, 3.63) is 0 Å². The molecular weight excluding hydrogens is 274 g/mol. The van der Waals surface area contributed by atoms with Gasteiger partial charge in [-0.25, -0.2) is 0 Å². The summed E-state index contributed by atoms with van der Waals surface area (Å²) in [6, 6.07) is 0. The lowest BCUT2D eigenvalue weighted by atomic mass is 9.77. The molecule has 0 aromatic heterocycles. The standard InChI is InChI=1S/C15H25NO3S/c17-13(16-10-12-5-8-20-11-12)9-15(14(18)19)6-3-1-2-4-7-15/h12H,1-11H2,(H,16,17)(H,18,19). The first-order valence-corrected chi connectivity index (χ1v) is 8.86. The Bertz CT molecular complexity index is 345. The van der Waals surface area contributed by atoms with Crippen molar-refractivity contribution in [2.75, 3.05) is 18.1 Å². The van der Waals surface area contributed by atoms with Gasteiger partial charge in [0.15, 0.2) is 0 Å². The van der Waals surface area contributed by atoms with Gasteiger partial charge in [-0.1, -0.05) is 25.7 Å². The van der Waals surface area contributed by atoms with Crippen LogP contribution in [0.2, 0.25) is 0 Å². The van der Waals surface area contributed by atoms with Crippen molar-refractivity contribution >= 4 is 23.6 Å². The van der Waals surface area contributed by atoms with E-state index in [9.17, 15) is 14.7 Å². The normalized spacial score (nSPS) is 25.9. The van der Waals surface area contributed by atoms with Gasteiger partial charge in [-0.05, 0) is 36.7 Å². The molecule has 0 aromatic rings. The number of hydrogen-bond donors (Lipinski definition) is 2. The number of carbonyl (C=O) groups excluding carboxylic acids is 1. The maximum absolute atomic E-state index is 12.1. The lowest BCUT2D eigenvalue weighted by Gasteiger charge is -2.27. The van der Waals surface area contributed by atoms with Gasteiger partial charge in [0, 0.05) is 13.0 Å². The van der Waals surface area contributed by atoms with Crippen LogP contribution in [0.25, 0.3) is 0 Å². The average molecular weight is 299 g/mol. The summed E-state index contributed by atoms with van der Waals surface area (Å²) in [4.78, 5) is 23.8. The number of carbonyl (C=O) groups is 2. The van der Waals surface area contributed by atoms with Crippen molar-refractivity contribution in [2.24, 2.45) is 11.3 Å². The largest absolute Gasteiger partial charge is 0.481 e. The molecule has 0 aromatic carbocycles. The Kier molecular flexibility index (Phi) is 5.75. The van der Waals surface area contributed by atoms with Crippen LogP contribution in [-0.4, -0.2) is 35.0 Å². The van der Waals surface area contributed by atoms with Crippen LogP contribution in [0.3, 0.4) is 0 Å². The summed E-state index contributed by atoms with van der Waals surface area (Å²) in [6.45, 7) is 0.710. The summed E-state index contributed by atoms with van der Waals surface area (Å²) in [5.41, 5.74) is -0.814. The van der Waals surface area contributed by atoms with Crippen LogP contribution in [0.4, 0.5) is 0 Å². The minimum Gasteiger partial charge on any atom is -0.481 e. The van der Waals surface area contributed by atoms with E-state index in [4.69, 9.17) is 0 Å². The van der Waals surface area contributed by atoms with Crippen LogP contribution in [0.15, 0.2) is 0 Å². The van der Waals surface area contributed by atoms with Gasteiger partial charge >= 0.3 is 5.97 Å². The van der Waals surface area contributed by atoms with Gasteiger partial charge in [-0.3, -0.25) is 9.59 Å².